The van der Waals surface area contributed by atoms with Gasteiger partial charge in [-0.15, -0.1) is 23.2 Å². The van der Waals surface area contributed by atoms with Gasteiger partial charge in [0.15, 0.2) is 67.7 Å². The molecule has 0 bridgehead atoms. The van der Waals surface area contributed by atoms with Crippen LogP contribution in [0.5, 0.6) is 0 Å². The molecule has 0 fully saturated rings. The van der Waals surface area contributed by atoms with Crippen molar-refractivity contribution in [3.8, 4) is 23.0 Å². The maximum atomic E-state index is 13.6. The van der Waals surface area contributed by atoms with Crippen molar-refractivity contribution in [3.05, 3.63) is 156 Å². The maximum absolute atomic E-state index is 13.6. The van der Waals surface area contributed by atoms with Crippen molar-refractivity contribution in [3.63, 3.8) is 0 Å². The number of furan rings is 8. The number of unbranched alkanes of at least 4 members (excludes halogenated alkanes) is 12. The van der Waals surface area contributed by atoms with Crippen LogP contribution in [0.4, 0.5) is 0 Å². The second kappa shape index (κ2) is 27.4. The second-order valence-corrected chi connectivity index (χ2v) is 22.3. The number of nitrogens with zero attached hydrogens (tertiary/aromatic N) is 4. The van der Waals surface area contributed by atoms with Crippen molar-refractivity contribution in [1.82, 2.24) is 18.3 Å². The van der Waals surface area contributed by atoms with Gasteiger partial charge in [-0.05, 0) is 49.9 Å². The zero-order valence-corrected chi connectivity index (χ0v) is 50.4. The van der Waals surface area contributed by atoms with Gasteiger partial charge in [-0.2, -0.15) is 0 Å². The Morgan fingerprint density at radius 2 is 0.483 bits per heavy atom. The van der Waals surface area contributed by atoms with Crippen molar-refractivity contribution in [1.29, 1.82) is 0 Å². The summed E-state index contributed by atoms with van der Waals surface area (Å²) in [6.45, 7) is 9.47. The Kier molecular flexibility index (Phi) is 19.4. The van der Waals surface area contributed by atoms with Gasteiger partial charge in [0, 0.05) is 50.4 Å². The van der Waals surface area contributed by atoms with Crippen LogP contribution in [-0.4, -0.2) is 23.6 Å². The molecule has 12 aromatic heterocycles. The first-order chi connectivity index (χ1) is 42.3. The fourth-order valence-electron chi connectivity index (χ4n) is 11.1. The number of fused-ring (bicyclic) bond motifs is 12. The molecule has 0 aromatic carbocycles. The Bertz CT molecular complexity index is 4370. The molecule has 0 atom stereocenters. The number of hydrogen-bond donors (Lipinski definition) is 0. The van der Waals surface area contributed by atoms with E-state index in [-0.39, 0.29) is 142 Å². The smallest absolute Gasteiger partial charge is 0.264 e. The Balaban J connectivity index is 0.000000184. The average Bonchev–Trinajstić information content (AvgIpc) is 2.08. The Morgan fingerprint density at radius 3 is 0.678 bits per heavy atom. The number of hydrogen-bond acceptors (Lipinski definition) is 16. The summed E-state index contributed by atoms with van der Waals surface area (Å²) in [4.78, 5) is 108. The monoisotopic (exact) mass is 1230 g/mol. The van der Waals surface area contributed by atoms with Crippen LogP contribution in [0.25, 0.3) is 111 Å². The SMILES string of the molecule is CCCCCCn1c(=O)c2ccoc2c2oc(-c3cc4c(=O)n(CCCCCC)c(=O)c5ccoc5c4o3)cc2c1=O.CCCCCCn1c(=O)c2ccoc2c2oc(-c3cc4c(=O)n(CCCCCC)c(=O)c5ccoc5c4o3)cc2c1=O.ClCCl. The molecular weight excluding hydrogens is 1160 g/mol. The van der Waals surface area contributed by atoms with Crippen LogP contribution in [0, 0.1) is 0 Å². The molecule has 0 aliphatic heterocycles. The minimum atomic E-state index is -0.491. The summed E-state index contributed by atoms with van der Waals surface area (Å²) in [5.41, 5.74) is -2.60. The van der Waals surface area contributed by atoms with Gasteiger partial charge in [0.1, 0.15) is 0 Å². The van der Waals surface area contributed by atoms with Crippen LogP contribution in [0.2, 0.25) is 0 Å². The third-order valence-electron chi connectivity index (χ3n) is 15.6. The molecule has 12 aromatic rings. The van der Waals surface area contributed by atoms with E-state index in [1.54, 1.807) is 0 Å². The first-order valence-corrected chi connectivity index (χ1v) is 30.8. The zero-order valence-electron chi connectivity index (χ0n) is 48.9. The summed E-state index contributed by atoms with van der Waals surface area (Å²) < 4.78 is 51.8. The van der Waals surface area contributed by atoms with Crippen molar-refractivity contribution in [2.45, 2.75) is 157 Å². The van der Waals surface area contributed by atoms with Gasteiger partial charge in [-0.1, -0.05) is 105 Å². The lowest BCUT2D eigenvalue weighted by atomic mass is 10.2. The molecule has 0 spiro atoms. The Labute approximate surface area is 503 Å². The molecule has 0 aliphatic rings. The first kappa shape index (κ1) is 61.5. The molecule has 22 heteroatoms. The van der Waals surface area contributed by atoms with Crippen molar-refractivity contribution >= 4 is 111 Å². The van der Waals surface area contributed by atoms with Crippen molar-refractivity contribution in [2.24, 2.45) is 0 Å². The highest BCUT2D eigenvalue weighted by Crippen LogP contribution is 2.36. The predicted octanol–water partition coefficient (Wildman–Crippen LogP) is 14.5. The molecule has 20 nitrogen and oxygen atoms in total. The van der Waals surface area contributed by atoms with Gasteiger partial charge < -0.3 is 35.3 Å². The lowest BCUT2D eigenvalue weighted by Crippen LogP contribution is -2.30. The minimum absolute atomic E-state index is 0.115. The minimum Gasteiger partial charge on any atom is -0.460 e. The fourth-order valence-corrected chi connectivity index (χ4v) is 11.1. The van der Waals surface area contributed by atoms with E-state index in [2.05, 4.69) is 27.7 Å². The average molecular weight is 1230 g/mol. The van der Waals surface area contributed by atoms with E-state index in [1.807, 2.05) is 0 Å². The van der Waals surface area contributed by atoms with Gasteiger partial charge in [0.2, 0.25) is 0 Å². The molecule has 0 amide bonds. The Hall–Kier alpha value is -8.62. The summed E-state index contributed by atoms with van der Waals surface area (Å²) in [6, 6.07) is 12.1. The van der Waals surface area contributed by atoms with Crippen LogP contribution in [-0.2, 0) is 26.2 Å². The summed E-state index contributed by atoms with van der Waals surface area (Å²) in [6.07, 6.45) is 20.0. The topological polar surface area (TPSA) is 261 Å². The lowest BCUT2D eigenvalue weighted by Gasteiger charge is -2.01. The van der Waals surface area contributed by atoms with Crippen LogP contribution in [0.1, 0.15) is 130 Å². The van der Waals surface area contributed by atoms with Crippen LogP contribution in [0.15, 0.2) is 147 Å². The van der Waals surface area contributed by atoms with E-state index in [0.29, 0.717) is 25.7 Å². The summed E-state index contributed by atoms with van der Waals surface area (Å²) in [7, 11) is 0. The molecule has 87 heavy (non-hydrogen) atoms. The maximum Gasteiger partial charge on any atom is 0.264 e. The zero-order chi connectivity index (χ0) is 61.5. The van der Waals surface area contributed by atoms with E-state index in [1.165, 1.54) is 91.9 Å². The highest BCUT2D eigenvalue weighted by Gasteiger charge is 2.26. The van der Waals surface area contributed by atoms with Gasteiger partial charge in [0.25, 0.3) is 44.5 Å². The molecule has 0 aliphatic carbocycles. The van der Waals surface area contributed by atoms with E-state index >= 15 is 0 Å². The normalized spacial score (nSPS) is 11.7. The summed E-state index contributed by atoms with van der Waals surface area (Å²) in [5, 5.41) is 1.78. The number of aromatic nitrogens is 4. The van der Waals surface area contributed by atoms with Gasteiger partial charge in [0.05, 0.1) is 73.5 Å². The standard InChI is InChI=1S/2C32H32N2O8.CH2Cl2/c2*1-3-5-7-9-13-33-29(35)19-11-15-39-25(19)27-21(31(33)37)17-23(41-27)24-18-22-28(42-24)26-20(12-16-40-26)30(36)34(32(22)38)14-10-8-6-4-2;2-1-3/h2*11-12,15-18H,3-10,13-14H2,1-2H3;1H2. The highest BCUT2D eigenvalue weighted by molar-refractivity contribution is 6.40. The number of rotatable bonds is 22. The van der Waals surface area contributed by atoms with E-state index in [4.69, 9.17) is 58.5 Å². The molecule has 0 saturated carbocycles. The fraction of sp³-hybridized carbons (Fsp3) is 0.385. The second-order valence-electron chi connectivity index (χ2n) is 21.5. The molecule has 0 unspecified atom stereocenters. The molecule has 456 valence electrons. The molecule has 0 radical (unpaired) electrons. The van der Waals surface area contributed by atoms with Gasteiger partial charge in [-0.25, -0.2) is 0 Å². The van der Waals surface area contributed by atoms with Gasteiger partial charge >= 0.3 is 0 Å². The van der Waals surface area contributed by atoms with E-state index in [9.17, 15) is 38.4 Å². The molecular formula is C65H66Cl2N4O16. The first-order valence-electron chi connectivity index (χ1n) is 29.7. The van der Waals surface area contributed by atoms with E-state index in [0.717, 1.165) is 77.0 Å². The third kappa shape index (κ3) is 12.0. The van der Waals surface area contributed by atoms with Gasteiger partial charge in [-0.3, -0.25) is 56.6 Å². The van der Waals surface area contributed by atoms with Crippen LogP contribution in [0.3, 0.4) is 0 Å². The molecule has 12 rings (SSSR count). The predicted molar refractivity (Wildman–Crippen MR) is 337 cm³/mol. The van der Waals surface area contributed by atoms with Crippen molar-refractivity contribution in [2.75, 3.05) is 5.34 Å². The molecule has 0 N–H and O–H groups in total. The van der Waals surface area contributed by atoms with Crippen molar-refractivity contribution < 1.29 is 35.3 Å². The summed E-state index contributed by atoms with van der Waals surface area (Å²) in [5.74, 6) is 0.688. The summed E-state index contributed by atoms with van der Waals surface area (Å²) >= 11 is 9.53. The van der Waals surface area contributed by atoms with Crippen LogP contribution >= 0.6 is 23.2 Å². The number of halogens is 2. The Morgan fingerprint density at radius 1 is 0.287 bits per heavy atom. The highest BCUT2D eigenvalue weighted by atomic mass is 35.5. The van der Waals surface area contributed by atoms with Crippen LogP contribution < -0.4 is 44.5 Å². The largest absolute Gasteiger partial charge is 0.460 e. The quantitative estimate of drug-likeness (QED) is 0.0451. The third-order valence-corrected chi connectivity index (χ3v) is 15.6. The molecule has 0 saturated heterocycles. The lowest BCUT2D eigenvalue weighted by molar-refractivity contribution is 0.554. The van der Waals surface area contributed by atoms with E-state index < -0.39 is 44.5 Å². The molecule has 12 heterocycles. The number of alkyl halides is 2.